The first-order valence-corrected chi connectivity index (χ1v) is 7.83. The number of nitrogens with zero attached hydrogens (tertiary/aromatic N) is 1. The number of hydrogen-bond acceptors (Lipinski definition) is 3. The summed E-state index contributed by atoms with van der Waals surface area (Å²) in [5.41, 5.74) is 1.30. The molecule has 2 aromatic rings. The fourth-order valence-electron chi connectivity index (χ4n) is 1.85. The number of carbonyl (C=O) groups excluding carboxylic acids is 1. The normalized spacial score (nSPS) is 10.9. The number of benzene rings is 1. The van der Waals surface area contributed by atoms with Crippen LogP contribution in [0, 0.1) is 0 Å². The number of hydrogen-bond donors (Lipinski definition) is 0. The molecule has 1 aromatic heterocycles. The minimum atomic E-state index is 0.178. The molecule has 0 bridgehead atoms. The minimum Gasteiger partial charge on any atom is -0.299 e. The highest BCUT2D eigenvalue weighted by Gasteiger charge is 2.13. The van der Waals surface area contributed by atoms with Crippen molar-refractivity contribution in [2.45, 2.75) is 6.42 Å². The SMILES string of the molecule is CN(CCc1ccccc1)CC(=O)c1sccc1Br. The van der Waals surface area contributed by atoms with Crippen molar-refractivity contribution in [2.24, 2.45) is 0 Å². The molecule has 0 unspecified atom stereocenters. The summed E-state index contributed by atoms with van der Waals surface area (Å²) in [6, 6.07) is 12.3. The Labute approximate surface area is 126 Å². The lowest BCUT2D eigenvalue weighted by Gasteiger charge is -2.15. The monoisotopic (exact) mass is 337 g/mol. The molecular formula is C15H16BrNOS. The summed E-state index contributed by atoms with van der Waals surface area (Å²) in [5, 5.41) is 1.93. The van der Waals surface area contributed by atoms with Gasteiger partial charge in [-0.2, -0.15) is 0 Å². The molecule has 0 atom stereocenters. The van der Waals surface area contributed by atoms with E-state index in [0.29, 0.717) is 6.54 Å². The fourth-order valence-corrected chi connectivity index (χ4v) is 3.38. The number of halogens is 1. The molecule has 100 valence electrons. The Morgan fingerprint density at radius 1 is 1.26 bits per heavy atom. The Morgan fingerprint density at radius 2 is 2.00 bits per heavy atom. The molecule has 0 spiro atoms. The summed E-state index contributed by atoms with van der Waals surface area (Å²) in [6.07, 6.45) is 0.968. The smallest absolute Gasteiger partial charge is 0.187 e. The van der Waals surface area contributed by atoms with Crippen LogP contribution in [-0.4, -0.2) is 30.8 Å². The lowest BCUT2D eigenvalue weighted by molar-refractivity contribution is 0.0950. The van der Waals surface area contributed by atoms with Gasteiger partial charge < -0.3 is 0 Å². The van der Waals surface area contributed by atoms with Crippen LogP contribution in [0.4, 0.5) is 0 Å². The van der Waals surface area contributed by atoms with Gasteiger partial charge in [0.15, 0.2) is 5.78 Å². The van der Waals surface area contributed by atoms with Crippen molar-refractivity contribution in [1.29, 1.82) is 0 Å². The van der Waals surface area contributed by atoms with E-state index in [1.807, 2.05) is 36.7 Å². The number of thiophene rings is 1. The summed E-state index contributed by atoms with van der Waals surface area (Å²) in [5.74, 6) is 0.178. The van der Waals surface area contributed by atoms with Gasteiger partial charge in [-0.15, -0.1) is 11.3 Å². The molecular weight excluding hydrogens is 322 g/mol. The third-order valence-corrected chi connectivity index (χ3v) is 4.79. The predicted octanol–water partition coefficient (Wildman–Crippen LogP) is 3.87. The average Bonchev–Trinajstić information content (AvgIpc) is 2.84. The van der Waals surface area contributed by atoms with Gasteiger partial charge in [0, 0.05) is 11.0 Å². The minimum absolute atomic E-state index is 0.178. The van der Waals surface area contributed by atoms with Crippen LogP contribution in [0.5, 0.6) is 0 Å². The van der Waals surface area contributed by atoms with Gasteiger partial charge in [0.25, 0.3) is 0 Å². The lowest BCUT2D eigenvalue weighted by atomic mass is 10.1. The maximum atomic E-state index is 12.1. The maximum Gasteiger partial charge on any atom is 0.187 e. The van der Waals surface area contributed by atoms with Crippen molar-refractivity contribution in [1.82, 2.24) is 4.90 Å². The first-order chi connectivity index (χ1) is 9.16. The van der Waals surface area contributed by atoms with E-state index in [2.05, 4.69) is 33.0 Å². The Morgan fingerprint density at radius 3 is 2.63 bits per heavy atom. The molecule has 0 aliphatic carbocycles. The van der Waals surface area contributed by atoms with Crippen LogP contribution >= 0.6 is 27.3 Å². The van der Waals surface area contributed by atoms with Crippen molar-refractivity contribution < 1.29 is 4.79 Å². The van der Waals surface area contributed by atoms with E-state index in [4.69, 9.17) is 0 Å². The molecule has 2 nitrogen and oxygen atoms in total. The third kappa shape index (κ3) is 4.27. The fraction of sp³-hybridized carbons (Fsp3) is 0.267. The molecule has 4 heteroatoms. The molecule has 0 amide bonds. The number of Topliss-reactive ketones (excluding diaryl/α,β-unsaturated/α-hetero) is 1. The summed E-state index contributed by atoms with van der Waals surface area (Å²) in [6.45, 7) is 1.35. The highest BCUT2D eigenvalue weighted by molar-refractivity contribution is 9.10. The van der Waals surface area contributed by atoms with Crippen LogP contribution in [0.3, 0.4) is 0 Å². The Bertz CT molecular complexity index is 538. The molecule has 1 heterocycles. The lowest BCUT2D eigenvalue weighted by Crippen LogP contribution is -2.27. The summed E-state index contributed by atoms with van der Waals surface area (Å²) < 4.78 is 0.902. The van der Waals surface area contributed by atoms with Crippen LogP contribution < -0.4 is 0 Å². The van der Waals surface area contributed by atoms with Gasteiger partial charge in [0.2, 0.25) is 0 Å². The molecule has 0 N–H and O–H groups in total. The van der Waals surface area contributed by atoms with E-state index in [0.717, 1.165) is 22.3 Å². The van der Waals surface area contributed by atoms with Crippen LogP contribution in [0.2, 0.25) is 0 Å². The van der Waals surface area contributed by atoms with Crippen molar-refractivity contribution in [3.05, 3.63) is 56.7 Å². The molecule has 0 aliphatic heterocycles. The topological polar surface area (TPSA) is 20.3 Å². The predicted molar refractivity (Wildman–Crippen MR) is 84.0 cm³/mol. The molecule has 0 radical (unpaired) electrons. The van der Waals surface area contributed by atoms with Crippen LogP contribution in [0.25, 0.3) is 0 Å². The van der Waals surface area contributed by atoms with Gasteiger partial charge in [-0.1, -0.05) is 30.3 Å². The first kappa shape index (κ1) is 14.4. The van der Waals surface area contributed by atoms with E-state index in [9.17, 15) is 4.79 Å². The van der Waals surface area contributed by atoms with E-state index in [1.54, 1.807) is 0 Å². The largest absolute Gasteiger partial charge is 0.299 e. The summed E-state index contributed by atoms with van der Waals surface area (Å²) >= 11 is 4.89. The molecule has 19 heavy (non-hydrogen) atoms. The number of rotatable bonds is 6. The summed E-state index contributed by atoms with van der Waals surface area (Å²) in [7, 11) is 1.99. The van der Waals surface area contributed by atoms with Crippen molar-refractivity contribution in [3.8, 4) is 0 Å². The van der Waals surface area contributed by atoms with Gasteiger partial charge in [-0.25, -0.2) is 0 Å². The summed E-state index contributed by atoms with van der Waals surface area (Å²) in [4.78, 5) is 15.0. The van der Waals surface area contributed by atoms with Gasteiger partial charge in [-0.3, -0.25) is 9.69 Å². The highest BCUT2D eigenvalue weighted by Crippen LogP contribution is 2.23. The zero-order chi connectivity index (χ0) is 13.7. The number of likely N-dealkylation sites (N-methyl/N-ethyl adjacent to an activating group) is 1. The Balaban J connectivity index is 1.83. The Hall–Kier alpha value is -0.970. The molecule has 1 aromatic carbocycles. The van der Waals surface area contributed by atoms with Gasteiger partial charge in [-0.05, 0) is 46.4 Å². The molecule has 0 fully saturated rings. The molecule has 0 saturated heterocycles. The molecule has 0 saturated carbocycles. The van der Waals surface area contributed by atoms with Gasteiger partial charge in [0.1, 0.15) is 0 Å². The van der Waals surface area contributed by atoms with Crippen molar-refractivity contribution in [3.63, 3.8) is 0 Å². The van der Waals surface area contributed by atoms with Crippen LogP contribution in [0.15, 0.2) is 46.3 Å². The average molecular weight is 338 g/mol. The van der Waals surface area contributed by atoms with Crippen molar-refractivity contribution >= 4 is 33.0 Å². The van der Waals surface area contributed by atoms with E-state index >= 15 is 0 Å². The Kier molecular flexibility index (Phi) is 5.31. The highest BCUT2D eigenvalue weighted by atomic mass is 79.9. The third-order valence-electron chi connectivity index (χ3n) is 2.91. The second-order valence-corrected chi connectivity index (χ2v) is 6.26. The van der Waals surface area contributed by atoms with E-state index in [1.165, 1.54) is 16.9 Å². The van der Waals surface area contributed by atoms with Gasteiger partial charge >= 0.3 is 0 Å². The number of ketones is 1. The van der Waals surface area contributed by atoms with Crippen LogP contribution in [0.1, 0.15) is 15.2 Å². The van der Waals surface area contributed by atoms with Crippen LogP contribution in [-0.2, 0) is 6.42 Å². The van der Waals surface area contributed by atoms with E-state index < -0.39 is 0 Å². The molecule has 2 rings (SSSR count). The van der Waals surface area contributed by atoms with Crippen molar-refractivity contribution in [2.75, 3.05) is 20.1 Å². The standard InChI is InChI=1S/C15H16BrNOS/c1-17(9-7-12-5-3-2-4-6-12)11-14(18)15-13(16)8-10-19-15/h2-6,8,10H,7,9,11H2,1H3. The zero-order valence-electron chi connectivity index (χ0n) is 10.8. The zero-order valence-corrected chi connectivity index (χ0v) is 13.2. The number of carbonyl (C=O) groups is 1. The quantitative estimate of drug-likeness (QED) is 0.746. The second kappa shape index (κ2) is 6.98. The maximum absolute atomic E-state index is 12.1. The van der Waals surface area contributed by atoms with Gasteiger partial charge in [0.05, 0.1) is 11.4 Å². The second-order valence-electron chi connectivity index (χ2n) is 4.49. The first-order valence-electron chi connectivity index (χ1n) is 6.15. The molecule has 0 aliphatic rings. The van der Waals surface area contributed by atoms with E-state index in [-0.39, 0.29) is 5.78 Å².